The fourth-order valence-electron chi connectivity index (χ4n) is 3.71. The SMILES string of the molecule is CCc1nc(-c2cccc(C)c2)c(-c2ccnc(NC(=O)CC(C)c3ccccc3)c2)s1. The first-order chi connectivity index (χ1) is 15.5. The summed E-state index contributed by atoms with van der Waals surface area (Å²) < 4.78 is 0. The third-order valence-electron chi connectivity index (χ3n) is 5.42. The summed E-state index contributed by atoms with van der Waals surface area (Å²) >= 11 is 1.70. The van der Waals surface area contributed by atoms with Gasteiger partial charge in [0.25, 0.3) is 0 Å². The first-order valence-corrected chi connectivity index (χ1v) is 11.7. The summed E-state index contributed by atoms with van der Waals surface area (Å²) in [5, 5.41) is 4.07. The Morgan fingerprint density at radius 3 is 2.59 bits per heavy atom. The normalized spacial score (nSPS) is 11.8. The fraction of sp³-hybridized carbons (Fsp3) is 0.222. The van der Waals surface area contributed by atoms with Gasteiger partial charge in [-0.25, -0.2) is 9.97 Å². The maximum Gasteiger partial charge on any atom is 0.226 e. The number of carbonyl (C=O) groups excluding carboxylic acids is 1. The summed E-state index contributed by atoms with van der Waals surface area (Å²) in [6.45, 7) is 6.28. The fourth-order valence-corrected chi connectivity index (χ4v) is 4.73. The minimum Gasteiger partial charge on any atom is -0.311 e. The molecule has 0 spiro atoms. The zero-order chi connectivity index (χ0) is 22.5. The van der Waals surface area contributed by atoms with E-state index in [1.807, 2.05) is 30.3 Å². The minimum absolute atomic E-state index is 0.0385. The van der Waals surface area contributed by atoms with Gasteiger partial charge in [0.2, 0.25) is 5.91 Å². The predicted octanol–water partition coefficient (Wildman–Crippen LogP) is 6.88. The molecule has 1 unspecified atom stereocenters. The molecule has 0 saturated heterocycles. The third kappa shape index (κ3) is 5.11. The van der Waals surface area contributed by atoms with Crippen molar-refractivity contribution >= 4 is 23.1 Å². The molecule has 1 amide bonds. The van der Waals surface area contributed by atoms with Gasteiger partial charge in [-0.2, -0.15) is 0 Å². The molecule has 0 aliphatic carbocycles. The number of hydrogen-bond acceptors (Lipinski definition) is 4. The van der Waals surface area contributed by atoms with Crippen LogP contribution in [0.15, 0.2) is 72.9 Å². The maximum absolute atomic E-state index is 12.7. The molecule has 1 N–H and O–H groups in total. The predicted molar refractivity (Wildman–Crippen MR) is 133 cm³/mol. The van der Waals surface area contributed by atoms with Gasteiger partial charge in [-0.15, -0.1) is 11.3 Å². The van der Waals surface area contributed by atoms with Crippen molar-refractivity contribution < 1.29 is 4.79 Å². The summed E-state index contributed by atoms with van der Waals surface area (Å²) in [5.41, 5.74) is 5.46. The second kappa shape index (κ2) is 9.88. The first kappa shape index (κ1) is 21.9. The van der Waals surface area contributed by atoms with Crippen molar-refractivity contribution in [2.24, 2.45) is 0 Å². The number of thiazole rings is 1. The number of aryl methyl sites for hydroxylation is 2. The molecule has 162 valence electrons. The summed E-state index contributed by atoms with van der Waals surface area (Å²) in [6.07, 6.45) is 3.04. The van der Waals surface area contributed by atoms with Crippen molar-refractivity contribution in [1.29, 1.82) is 0 Å². The van der Waals surface area contributed by atoms with E-state index in [0.29, 0.717) is 12.2 Å². The highest BCUT2D eigenvalue weighted by molar-refractivity contribution is 7.15. The molecule has 4 nitrogen and oxygen atoms in total. The van der Waals surface area contributed by atoms with E-state index < -0.39 is 0 Å². The average molecular weight is 442 g/mol. The van der Waals surface area contributed by atoms with Gasteiger partial charge >= 0.3 is 0 Å². The third-order valence-corrected chi connectivity index (χ3v) is 6.66. The van der Waals surface area contributed by atoms with Crippen molar-refractivity contribution in [3.8, 4) is 21.7 Å². The Balaban J connectivity index is 1.57. The minimum atomic E-state index is -0.0385. The van der Waals surface area contributed by atoms with E-state index in [9.17, 15) is 4.79 Å². The number of pyridine rings is 1. The standard InChI is InChI=1S/C27H27N3OS/c1-4-25-30-26(21-12-8-9-18(2)15-21)27(32-25)22-13-14-28-23(17-22)29-24(31)16-19(3)20-10-6-5-7-11-20/h5-15,17,19H,4,16H2,1-3H3,(H,28,29,31). The Kier molecular flexibility index (Phi) is 6.76. The van der Waals surface area contributed by atoms with E-state index in [1.165, 1.54) is 5.56 Å². The van der Waals surface area contributed by atoms with Gasteiger partial charge in [0.05, 0.1) is 15.6 Å². The molecule has 32 heavy (non-hydrogen) atoms. The Morgan fingerprint density at radius 1 is 1.03 bits per heavy atom. The molecule has 4 rings (SSSR count). The molecule has 0 fully saturated rings. The number of rotatable bonds is 7. The molecular weight excluding hydrogens is 414 g/mol. The highest BCUT2D eigenvalue weighted by atomic mass is 32.1. The van der Waals surface area contributed by atoms with Crippen molar-refractivity contribution in [3.05, 3.63) is 89.1 Å². The zero-order valence-electron chi connectivity index (χ0n) is 18.6. The number of anilines is 1. The van der Waals surface area contributed by atoms with Crippen molar-refractivity contribution in [3.63, 3.8) is 0 Å². The van der Waals surface area contributed by atoms with Crippen molar-refractivity contribution in [2.75, 3.05) is 5.32 Å². The summed E-state index contributed by atoms with van der Waals surface area (Å²) in [4.78, 5) is 23.0. The summed E-state index contributed by atoms with van der Waals surface area (Å²) in [6, 6.07) is 22.4. The molecule has 2 aromatic heterocycles. The van der Waals surface area contributed by atoms with Crippen LogP contribution in [0.4, 0.5) is 5.82 Å². The lowest BCUT2D eigenvalue weighted by Crippen LogP contribution is -2.15. The molecule has 2 aromatic carbocycles. The van der Waals surface area contributed by atoms with E-state index in [4.69, 9.17) is 4.98 Å². The van der Waals surface area contributed by atoms with Crippen LogP contribution in [-0.4, -0.2) is 15.9 Å². The largest absolute Gasteiger partial charge is 0.311 e. The zero-order valence-corrected chi connectivity index (χ0v) is 19.4. The van der Waals surface area contributed by atoms with Gasteiger partial charge < -0.3 is 5.32 Å². The number of carbonyl (C=O) groups is 1. The molecule has 4 aromatic rings. The smallest absolute Gasteiger partial charge is 0.226 e. The van der Waals surface area contributed by atoms with Crippen LogP contribution in [0.5, 0.6) is 0 Å². The van der Waals surface area contributed by atoms with Gasteiger partial charge in [-0.3, -0.25) is 4.79 Å². The Morgan fingerprint density at radius 2 is 1.84 bits per heavy atom. The molecular formula is C27H27N3OS. The van der Waals surface area contributed by atoms with E-state index >= 15 is 0 Å². The van der Waals surface area contributed by atoms with Gasteiger partial charge in [-0.05, 0) is 48.6 Å². The number of benzene rings is 2. The second-order valence-corrected chi connectivity index (χ2v) is 9.09. The van der Waals surface area contributed by atoms with Crippen LogP contribution in [0.3, 0.4) is 0 Å². The molecule has 0 radical (unpaired) electrons. The lowest BCUT2D eigenvalue weighted by molar-refractivity contribution is -0.116. The number of nitrogens with one attached hydrogen (secondary N) is 1. The first-order valence-electron chi connectivity index (χ1n) is 10.9. The maximum atomic E-state index is 12.7. The van der Waals surface area contributed by atoms with Gasteiger partial charge in [0.15, 0.2) is 0 Å². The number of nitrogens with zero attached hydrogens (tertiary/aromatic N) is 2. The summed E-state index contributed by atoms with van der Waals surface area (Å²) in [5.74, 6) is 0.666. The van der Waals surface area contributed by atoms with E-state index in [-0.39, 0.29) is 11.8 Å². The molecule has 2 heterocycles. The van der Waals surface area contributed by atoms with E-state index in [2.05, 4.69) is 67.5 Å². The molecule has 0 aliphatic rings. The highest BCUT2D eigenvalue weighted by Crippen LogP contribution is 2.38. The summed E-state index contributed by atoms with van der Waals surface area (Å²) in [7, 11) is 0. The van der Waals surface area contributed by atoms with Gasteiger partial charge in [0, 0.05) is 18.2 Å². The molecule has 0 saturated carbocycles. The van der Waals surface area contributed by atoms with Crippen molar-refractivity contribution in [2.45, 2.75) is 39.5 Å². The van der Waals surface area contributed by atoms with Crippen LogP contribution in [0, 0.1) is 6.92 Å². The van der Waals surface area contributed by atoms with Crippen LogP contribution < -0.4 is 5.32 Å². The lowest BCUT2D eigenvalue weighted by atomic mass is 9.97. The van der Waals surface area contributed by atoms with Crippen molar-refractivity contribution in [1.82, 2.24) is 9.97 Å². The molecule has 0 aliphatic heterocycles. The quantitative estimate of drug-likeness (QED) is 0.340. The molecule has 5 heteroatoms. The van der Waals surface area contributed by atoms with Crippen LogP contribution in [0.2, 0.25) is 0 Å². The lowest BCUT2D eigenvalue weighted by Gasteiger charge is -2.12. The molecule has 1 atom stereocenters. The van der Waals surface area contributed by atoms with Gasteiger partial charge in [-0.1, -0.05) is 67.9 Å². The number of hydrogen-bond donors (Lipinski definition) is 1. The number of aromatic nitrogens is 2. The Bertz CT molecular complexity index is 1220. The topological polar surface area (TPSA) is 54.9 Å². The van der Waals surface area contributed by atoms with Crippen LogP contribution in [0.25, 0.3) is 21.7 Å². The Labute approximate surface area is 193 Å². The van der Waals surface area contributed by atoms with E-state index in [0.717, 1.165) is 38.7 Å². The van der Waals surface area contributed by atoms with Crippen LogP contribution >= 0.6 is 11.3 Å². The monoisotopic (exact) mass is 441 g/mol. The Hall–Kier alpha value is -3.31. The van der Waals surface area contributed by atoms with Gasteiger partial charge in [0.1, 0.15) is 5.82 Å². The second-order valence-electron chi connectivity index (χ2n) is 8.00. The van der Waals surface area contributed by atoms with E-state index in [1.54, 1.807) is 17.5 Å². The van der Waals surface area contributed by atoms with Crippen LogP contribution in [-0.2, 0) is 11.2 Å². The van der Waals surface area contributed by atoms with Crippen LogP contribution in [0.1, 0.15) is 42.3 Å². The average Bonchev–Trinajstić information content (AvgIpc) is 3.24. The molecule has 0 bridgehead atoms. The highest BCUT2D eigenvalue weighted by Gasteiger charge is 2.16. The number of amides is 1.